The standard InChI is InChI=1S/C16H20O4S/c1-19-14-5-4-11(6-15(14)20-12-8-21-9-12)13(7-16(17)18)10-2-3-10/h4-6,10,12-13H,2-3,7-9H2,1H3,(H,17,18). The number of aliphatic carboxylic acids is 1. The Morgan fingerprint density at radius 3 is 2.67 bits per heavy atom. The number of benzene rings is 1. The Kier molecular flexibility index (Phi) is 4.29. The number of thioether (sulfide) groups is 1. The molecule has 1 unspecified atom stereocenters. The highest BCUT2D eigenvalue weighted by Crippen LogP contribution is 2.46. The minimum atomic E-state index is -0.736. The van der Waals surface area contributed by atoms with Gasteiger partial charge in [0.05, 0.1) is 13.5 Å². The van der Waals surface area contributed by atoms with Crippen molar-refractivity contribution in [3.8, 4) is 11.5 Å². The van der Waals surface area contributed by atoms with E-state index in [1.165, 1.54) is 0 Å². The highest BCUT2D eigenvalue weighted by Gasteiger charge is 2.34. The van der Waals surface area contributed by atoms with E-state index in [9.17, 15) is 4.79 Å². The van der Waals surface area contributed by atoms with E-state index in [1.807, 2.05) is 30.0 Å². The molecule has 1 saturated heterocycles. The van der Waals surface area contributed by atoms with Gasteiger partial charge in [0.1, 0.15) is 6.10 Å². The summed E-state index contributed by atoms with van der Waals surface area (Å²) in [6.07, 6.45) is 2.69. The molecule has 2 fully saturated rings. The number of methoxy groups -OCH3 is 1. The third kappa shape index (κ3) is 3.46. The zero-order valence-electron chi connectivity index (χ0n) is 12.1. The molecule has 2 aliphatic rings. The lowest BCUT2D eigenvalue weighted by molar-refractivity contribution is -0.137. The van der Waals surface area contributed by atoms with E-state index in [0.29, 0.717) is 5.92 Å². The number of ether oxygens (including phenoxy) is 2. The largest absolute Gasteiger partial charge is 0.493 e. The summed E-state index contributed by atoms with van der Waals surface area (Å²) in [6, 6.07) is 5.86. The Morgan fingerprint density at radius 1 is 1.38 bits per heavy atom. The summed E-state index contributed by atoms with van der Waals surface area (Å²) in [4.78, 5) is 11.1. The summed E-state index contributed by atoms with van der Waals surface area (Å²) < 4.78 is 11.3. The first-order valence-corrected chi connectivity index (χ1v) is 8.47. The predicted molar refractivity (Wildman–Crippen MR) is 82.5 cm³/mol. The van der Waals surface area contributed by atoms with Crippen molar-refractivity contribution in [1.29, 1.82) is 0 Å². The van der Waals surface area contributed by atoms with Crippen LogP contribution in [0.25, 0.3) is 0 Å². The fourth-order valence-corrected chi connectivity index (χ4v) is 3.29. The van der Waals surface area contributed by atoms with Gasteiger partial charge in [-0.25, -0.2) is 0 Å². The minimum absolute atomic E-state index is 0.0894. The number of hydrogen-bond donors (Lipinski definition) is 1. The summed E-state index contributed by atoms with van der Waals surface area (Å²) >= 11 is 1.87. The number of carboxylic acids is 1. The maximum absolute atomic E-state index is 11.1. The average Bonchev–Trinajstić information content (AvgIpc) is 3.24. The van der Waals surface area contributed by atoms with Crippen LogP contribution in [-0.4, -0.2) is 35.8 Å². The lowest BCUT2D eigenvalue weighted by Crippen LogP contribution is -2.31. The van der Waals surface area contributed by atoms with Crippen LogP contribution in [0.4, 0.5) is 0 Å². The first kappa shape index (κ1) is 14.6. The van der Waals surface area contributed by atoms with E-state index in [1.54, 1.807) is 7.11 Å². The van der Waals surface area contributed by atoms with Gasteiger partial charge in [-0.1, -0.05) is 6.07 Å². The molecule has 114 valence electrons. The molecular weight excluding hydrogens is 288 g/mol. The molecule has 1 saturated carbocycles. The lowest BCUT2D eigenvalue weighted by Gasteiger charge is -2.27. The van der Waals surface area contributed by atoms with Gasteiger partial charge in [0, 0.05) is 11.5 Å². The molecule has 0 spiro atoms. The van der Waals surface area contributed by atoms with E-state index in [2.05, 4.69) is 0 Å². The summed E-state index contributed by atoms with van der Waals surface area (Å²) in [5.41, 5.74) is 1.06. The van der Waals surface area contributed by atoms with Gasteiger partial charge in [-0.2, -0.15) is 11.8 Å². The van der Waals surface area contributed by atoms with Gasteiger partial charge in [0.15, 0.2) is 11.5 Å². The third-order valence-corrected chi connectivity index (χ3v) is 5.32. The van der Waals surface area contributed by atoms with Crippen molar-refractivity contribution in [3.63, 3.8) is 0 Å². The van der Waals surface area contributed by atoms with Gasteiger partial charge in [-0.15, -0.1) is 0 Å². The van der Waals surface area contributed by atoms with E-state index in [-0.39, 0.29) is 18.4 Å². The molecule has 0 bridgehead atoms. The van der Waals surface area contributed by atoms with Crippen molar-refractivity contribution in [3.05, 3.63) is 23.8 Å². The first-order valence-electron chi connectivity index (χ1n) is 7.31. The quantitative estimate of drug-likeness (QED) is 0.838. The predicted octanol–water partition coefficient (Wildman–Crippen LogP) is 3.16. The second-order valence-corrected chi connectivity index (χ2v) is 6.80. The molecule has 1 atom stereocenters. The molecule has 3 rings (SSSR count). The van der Waals surface area contributed by atoms with Crippen LogP contribution in [0.5, 0.6) is 11.5 Å². The van der Waals surface area contributed by atoms with Crippen LogP contribution >= 0.6 is 11.8 Å². The Balaban J connectivity index is 1.83. The van der Waals surface area contributed by atoms with Gasteiger partial charge in [0.25, 0.3) is 0 Å². The highest BCUT2D eigenvalue weighted by molar-refractivity contribution is 8.00. The monoisotopic (exact) mass is 308 g/mol. The first-order chi connectivity index (χ1) is 10.2. The molecule has 5 heteroatoms. The van der Waals surface area contributed by atoms with Crippen molar-refractivity contribution in [2.45, 2.75) is 31.3 Å². The fraction of sp³-hybridized carbons (Fsp3) is 0.562. The molecule has 1 aliphatic carbocycles. The van der Waals surface area contributed by atoms with Gasteiger partial charge < -0.3 is 14.6 Å². The second kappa shape index (κ2) is 6.18. The molecule has 0 amide bonds. The summed E-state index contributed by atoms with van der Waals surface area (Å²) in [5.74, 6) is 3.34. The smallest absolute Gasteiger partial charge is 0.303 e. The number of hydrogen-bond acceptors (Lipinski definition) is 4. The van der Waals surface area contributed by atoms with Crippen molar-refractivity contribution in [1.82, 2.24) is 0 Å². The average molecular weight is 308 g/mol. The van der Waals surface area contributed by atoms with E-state index >= 15 is 0 Å². The van der Waals surface area contributed by atoms with E-state index in [4.69, 9.17) is 14.6 Å². The molecule has 1 aromatic carbocycles. The lowest BCUT2D eigenvalue weighted by atomic mass is 9.91. The van der Waals surface area contributed by atoms with Crippen LogP contribution in [0, 0.1) is 5.92 Å². The molecule has 21 heavy (non-hydrogen) atoms. The van der Waals surface area contributed by atoms with Gasteiger partial charge in [-0.05, 0) is 42.4 Å². The minimum Gasteiger partial charge on any atom is -0.493 e. The summed E-state index contributed by atoms with van der Waals surface area (Å²) in [6.45, 7) is 0. The zero-order valence-corrected chi connectivity index (χ0v) is 12.9. The molecular formula is C16H20O4S. The highest BCUT2D eigenvalue weighted by atomic mass is 32.2. The van der Waals surface area contributed by atoms with Crippen molar-refractivity contribution < 1.29 is 19.4 Å². The SMILES string of the molecule is COc1ccc(C(CC(=O)O)C2CC2)cc1OC1CSC1. The van der Waals surface area contributed by atoms with Crippen LogP contribution in [0.1, 0.15) is 30.7 Å². The number of carbonyl (C=O) groups is 1. The summed E-state index contributed by atoms with van der Waals surface area (Å²) in [5, 5.41) is 9.13. The third-order valence-electron chi connectivity index (χ3n) is 4.10. The van der Waals surface area contributed by atoms with Crippen molar-refractivity contribution >= 4 is 17.7 Å². The van der Waals surface area contributed by atoms with Crippen LogP contribution < -0.4 is 9.47 Å². The maximum atomic E-state index is 11.1. The van der Waals surface area contributed by atoms with Crippen LogP contribution in [0.2, 0.25) is 0 Å². The Labute approximate surface area is 128 Å². The second-order valence-electron chi connectivity index (χ2n) is 5.73. The Hall–Kier alpha value is -1.36. The maximum Gasteiger partial charge on any atom is 0.303 e. The van der Waals surface area contributed by atoms with E-state index in [0.717, 1.165) is 41.4 Å². The molecule has 1 heterocycles. The number of rotatable bonds is 7. The Bertz CT molecular complexity index is 523. The fourth-order valence-electron chi connectivity index (χ4n) is 2.72. The zero-order chi connectivity index (χ0) is 14.8. The van der Waals surface area contributed by atoms with Gasteiger partial charge >= 0.3 is 5.97 Å². The van der Waals surface area contributed by atoms with Crippen LogP contribution in [-0.2, 0) is 4.79 Å². The molecule has 1 aliphatic heterocycles. The normalized spacial score (nSPS) is 19.7. The Morgan fingerprint density at radius 2 is 2.14 bits per heavy atom. The molecule has 0 aromatic heterocycles. The van der Waals surface area contributed by atoms with Crippen LogP contribution in [0.15, 0.2) is 18.2 Å². The van der Waals surface area contributed by atoms with Gasteiger partial charge in [-0.3, -0.25) is 4.79 Å². The number of carboxylic acid groups (broad SMARTS) is 1. The van der Waals surface area contributed by atoms with E-state index < -0.39 is 5.97 Å². The van der Waals surface area contributed by atoms with Crippen molar-refractivity contribution in [2.24, 2.45) is 5.92 Å². The van der Waals surface area contributed by atoms with Crippen molar-refractivity contribution in [2.75, 3.05) is 18.6 Å². The van der Waals surface area contributed by atoms with Crippen LogP contribution in [0.3, 0.4) is 0 Å². The molecule has 0 radical (unpaired) electrons. The molecule has 1 N–H and O–H groups in total. The summed E-state index contributed by atoms with van der Waals surface area (Å²) in [7, 11) is 1.63. The topological polar surface area (TPSA) is 55.8 Å². The van der Waals surface area contributed by atoms with Gasteiger partial charge in [0.2, 0.25) is 0 Å². The molecule has 1 aromatic rings. The molecule has 4 nitrogen and oxygen atoms in total.